The van der Waals surface area contributed by atoms with Crippen molar-refractivity contribution in [2.75, 3.05) is 19.6 Å². The number of β-amino-alcohol motifs (C(OH)–C–C–N with tert-alkyl or cyclic N) is 1. The lowest BCUT2D eigenvalue weighted by atomic mass is 9.91. The molecule has 2 rings (SSSR count). The van der Waals surface area contributed by atoms with E-state index < -0.39 is 17.6 Å². The fraction of sp³-hybridized carbons (Fsp3) is 0.467. The summed E-state index contributed by atoms with van der Waals surface area (Å²) in [6.07, 6.45) is -0.744. The first kappa shape index (κ1) is 18.0. The molecule has 0 saturated carbocycles. The molecule has 0 unspecified atom stereocenters. The number of nitrogens with one attached hydrogen (secondary N) is 1. The predicted octanol–water partition coefficient (Wildman–Crippen LogP) is 1.07. The Hall–Kier alpha value is -1.34. The normalized spacial score (nSPS) is 24.4. The van der Waals surface area contributed by atoms with Crippen LogP contribution in [0.2, 0.25) is 10.0 Å². The van der Waals surface area contributed by atoms with Crippen molar-refractivity contribution in [3.8, 4) is 0 Å². The number of likely N-dealkylation sites (tertiary alicyclic amines) is 1. The van der Waals surface area contributed by atoms with Gasteiger partial charge < -0.3 is 20.4 Å². The van der Waals surface area contributed by atoms with E-state index in [4.69, 9.17) is 23.2 Å². The second-order valence-electron chi connectivity index (χ2n) is 5.77. The highest BCUT2D eigenvalue weighted by molar-refractivity contribution is 6.35. The van der Waals surface area contributed by atoms with Crippen molar-refractivity contribution in [1.82, 2.24) is 10.2 Å². The van der Waals surface area contributed by atoms with E-state index in [2.05, 4.69) is 5.32 Å². The number of halogens is 2. The Morgan fingerprint density at radius 1 is 1.43 bits per heavy atom. The summed E-state index contributed by atoms with van der Waals surface area (Å²) in [7, 11) is 0. The molecular weight excluding hydrogens is 343 g/mol. The summed E-state index contributed by atoms with van der Waals surface area (Å²) in [5.41, 5.74) is -1.01. The van der Waals surface area contributed by atoms with Crippen LogP contribution in [0.1, 0.15) is 23.7 Å². The van der Waals surface area contributed by atoms with Gasteiger partial charge in [0.25, 0.3) is 5.91 Å². The molecule has 3 N–H and O–H groups in total. The zero-order chi connectivity index (χ0) is 17.2. The smallest absolute Gasteiger partial charge is 0.253 e. The van der Waals surface area contributed by atoms with Crippen LogP contribution in [-0.4, -0.2) is 58.3 Å². The number of aliphatic hydroxyl groups is 2. The first-order valence-corrected chi connectivity index (χ1v) is 7.88. The van der Waals surface area contributed by atoms with Gasteiger partial charge in [0, 0.05) is 18.1 Å². The predicted molar refractivity (Wildman–Crippen MR) is 86.6 cm³/mol. The van der Waals surface area contributed by atoms with Crippen LogP contribution in [0.4, 0.5) is 0 Å². The molecule has 1 fully saturated rings. The molecule has 0 spiro atoms. The molecule has 0 radical (unpaired) electrons. The molecule has 23 heavy (non-hydrogen) atoms. The van der Waals surface area contributed by atoms with Gasteiger partial charge in [-0.3, -0.25) is 9.59 Å². The topological polar surface area (TPSA) is 89.9 Å². The fourth-order valence-electron chi connectivity index (χ4n) is 2.29. The molecule has 1 aliphatic rings. The Morgan fingerprint density at radius 3 is 2.78 bits per heavy atom. The van der Waals surface area contributed by atoms with Gasteiger partial charge in [0.05, 0.1) is 28.8 Å². The van der Waals surface area contributed by atoms with Gasteiger partial charge in [-0.25, -0.2) is 0 Å². The second-order valence-corrected chi connectivity index (χ2v) is 6.61. The van der Waals surface area contributed by atoms with E-state index in [0.717, 1.165) is 0 Å². The van der Waals surface area contributed by atoms with Crippen LogP contribution in [0.3, 0.4) is 0 Å². The minimum absolute atomic E-state index is 0.0274. The summed E-state index contributed by atoms with van der Waals surface area (Å²) in [4.78, 5) is 25.6. The van der Waals surface area contributed by atoms with Gasteiger partial charge in [-0.1, -0.05) is 23.2 Å². The van der Waals surface area contributed by atoms with E-state index in [1.54, 1.807) is 6.07 Å². The highest BCUT2D eigenvalue weighted by Gasteiger charge is 2.37. The van der Waals surface area contributed by atoms with Gasteiger partial charge in [0.2, 0.25) is 5.91 Å². The number of hydrogen-bond acceptors (Lipinski definition) is 4. The van der Waals surface area contributed by atoms with Crippen LogP contribution in [-0.2, 0) is 4.79 Å². The Morgan fingerprint density at radius 2 is 2.13 bits per heavy atom. The van der Waals surface area contributed by atoms with Crippen LogP contribution in [0.5, 0.6) is 0 Å². The summed E-state index contributed by atoms with van der Waals surface area (Å²) in [5.74, 6) is -0.846. The van der Waals surface area contributed by atoms with E-state index in [1.807, 2.05) is 0 Å². The summed E-state index contributed by atoms with van der Waals surface area (Å²) in [5, 5.41) is 22.8. The van der Waals surface area contributed by atoms with E-state index in [9.17, 15) is 19.8 Å². The number of aliphatic hydroxyl groups excluding tert-OH is 1. The molecule has 126 valence electrons. The summed E-state index contributed by atoms with van der Waals surface area (Å²) < 4.78 is 0. The van der Waals surface area contributed by atoms with Crippen LogP contribution in [0.15, 0.2) is 18.2 Å². The molecule has 2 atom stereocenters. The van der Waals surface area contributed by atoms with Gasteiger partial charge in [-0.15, -0.1) is 0 Å². The number of rotatable bonds is 3. The van der Waals surface area contributed by atoms with E-state index in [-0.39, 0.29) is 36.0 Å². The monoisotopic (exact) mass is 360 g/mol. The van der Waals surface area contributed by atoms with Crippen LogP contribution >= 0.6 is 23.2 Å². The van der Waals surface area contributed by atoms with Gasteiger partial charge >= 0.3 is 0 Å². The average Bonchev–Trinajstić information content (AvgIpc) is 2.49. The molecule has 8 heteroatoms. The van der Waals surface area contributed by atoms with Crippen molar-refractivity contribution in [3.63, 3.8) is 0 Å². The van der Waals surface area contributed by atoms with E-state index >= 15 is 0 Å². The number of amides is 2. The van der Waals surface area contributed by atoms with E-state index in [0.29, 0.717) is 11.6 Å². The van der Waals surface area contributed by atoms with E-state index in [1.165, 1.54) is 24.0 Å². The second kappa shape index (κ2) is 7.05. The zero-order valence-corrected chi connectivity index (χ0v) is 14.1. The number of benzene rings is 1. The Labute approximate surface area is 144 Å². The standard InChI is InChI=1S/C15H18Cl2N2O4/c1-15(23)4-5-19(8-12(15)20)13(21)7-18-14(22)10-6-9(16)2-3-11(10)17/h2-3,6,12,20,23H,4-5,7-8H2,1H3,(H,18,22)/t12-,15-/m1/s1. The van der Waals surface area contributed by atoms with Gasteiger partial charge in [0.1, 0.15) is 0 Å². The molecule has 1 heterocycles. The molecule has 6 nitrogen and oxygen atoms in total. The minimum Gasteiger partial charge on any atom is -0.388 e. The maximum Gasteiger partial charge on any atom is 0.253 e. The van der Waals surface area contributed by atoms with Gasteiger partial charge in [-0.2, -0.15) is 0 Å². The molecule has 0 aliphatic carbocycles. The lowest BCUT2D eigenvalue weighted by molar-refractivity contribution is -0.145. The van der Waals surface area contributed by atoms with Crippen LogP contribution in [0.25, 0.3) is 0 Å². The van der Waals surface area contributed by atoms with Crippen molar-refractivity contribution in [2.24, 2.45) is 0 Å². The van der Waals surface area contributed by atoms with Crippen molar-refractivity contribution in [3.05, 3.63) is 33.8 Å². The maximum atomic E-state index is 12.1. The molecular formula is C15H18Cl2N2O4. The number of carbonyl (C=O) groups excluding carboxylic acids is 2. The van der Waals surface area contributed by atoms with Crippen molar-refractivity contribution in [1.29, 1.82) is 0 Å². The number of carbonyl (C=O) groups is 2. The summed E-state index contributed by atoms with van der Waals surface area (Å²) in [6, 6.07) is 4.49. The fourth-order valence-corrected chi connectivity index (χ4v) is 2.66. The molecule has 2 amide bonds. The first-order valence-electron chi connectivity index (χ1n) is 7.12. The lowest BCUT2D eigenvalue weighted by Crippen LogP contribution is -2.56. The minimum atomic E-state index is -1.20. The molecule has 1 aliphatic heterocycles. The van der Waals surface area contributed by atoms with Crippen molar-refractivity contribution >= 4 is 35.0 Å². The average molecular weight is 361 g/mol. The number of piperidine rings is 1. The Bertz CT molecular complexity index is 621. The molecule has 1 saturated heterocycles. The van der Waals surface area contributed by atoms with Crippen molar-refractivity contribution in [2.45, 2.75) is 25.0 Å². The summed E-state index contributed by atoms with van der Waals surface area (Å²) >= 11 is 11.8. The third-order valence-electron chi connectivity index (χ3n) is 3.92. The zero-order valence-electron chi connectivity index (χ0n) is 12.6. The molecule has 0 aromatic heterocycles. The van der Waals surface area contributed by atoms with Gasteiger partial charge in [0.15, 0.2) is 0 Å². The highest BCUT2D eigenvalue weighted by Crippen LogP contribution is 2.22. The largest absolute Gasteiger partial charge is 0.388 e. The van der Waals surface area contributed by atoms with Gasteiger partial charge in [-0.05, 0) is 31.5 Å². The Kier molecular flexibility index (Phi) is 5.52. The molecule has 1 aromatic carbocycles. The van der Waals surface area contributed by atoms with Crippen LogP contribution < -0.4 is 5.32 Å². The first-order chi connectivity index (χ1) is 10.7. The number of nitrogens with zero attached hydrogens (tertiary/aromatic N) is 1. The Balaban J connectivity index is 1.92. The quantitative estimate of drug-likeness (QED) is 0.751. The highest BCUT2D eigenvalue weighted by atomic mass is 35.5. The molecule has 1 aromatic rings. The lowest BCUT2D eigenvalue weighted by Gasteiger charge is -2.39. The third kappa shape index (κ3) is 4.35. The SMILES string of the molecule is C[C@@]1(O)CCN(C(=O)CNC(=O)c2cc(Cl)ccc2Cl)C[C@H]1O. The van der Waals surface area contributed by atoms with Crippen molar-refractivity contribution < 1.29 is 19.8 Å². The third-order valence-corrected chi connectivity index (χ3v) is 4.49. The van der Waals surface area contributed by atoms with Crippen LogP contribution in [0, 0.1) is 0 Å². The molecule has 0 bridgehead atoms. The number of hydrogen-bond donors (Lipinski definition) is 3. The summed E-state index contributed by atoms with van der Waals surface area (Å²) in [6.45, 7) is 1.65. The maximum absolute atomic E-state index is 12.1.